The number of nitrogens with one attached hydrogen (secondary N) is 2. The number of carboxylic acid groups (broad SMARTS) is 1. The maximum absolute atomic E-state index is 14.0. The van der Waals surface area contributed by atoms with Crippen molar-refractivity contribution in [3.05, 3.63) is 30.1 Å². The van der Waals surface area contributed by atoms with Gasteiger partial charge in [-0.2, -0.15) is 4.31 Å². The SMILES string of the molecule is CC(C)CC(NC(=O)O)C(=O)NC1CCCN(S(=O)(=O)c2ccccc2F)CC1O. The number of amides is 2. The number of halogens is 1. The summed E-state index contributed by atoms with van der Waals surface area (Å²) in [5, 5.41) is 24.3. The lowest BCUT2D eigenvalue weighted by Crippen LogP contribution is -2.53. The minimum Gasteiger partial charge on any atom is -0.465 e. The molecule has 4 N–H and O–H groups in total. The van der Waals surface area contributed by atoms with Crippen LogP contribution in [-0.2, 0) is 14.8 Å². The van der Waals surface area contributed by atoms with Crippen LogP contribution in [0.4, 0.5) is 9.18 Å². The van der Waals surface area contributed by atoms with Crippen LogP contribution in [-0.4, -0.2) is 66.2 Å². The maximum atomic E-state index is 14.0. The van der Waals surface area contributed by atoms with Gasteiger partial charge in [-0.1, -0.05) is 26.0 Å². The van der Waals surface area contributed by atoms with Gasteiger partial charge in [0.1, 0.15) is 16.8 Å². The molecule has 1 aromatic carbocycles. The molecule has 168 valence electrons. The van der Waals surface area contributed by atoms with E-state index in [1.807, 2.05) is 13.8 Å². The Labute approximate surface area is 175 Å². The van der Waals surface area contributed by atoms with Gasteiger partial charge in [0, 0.05) is 13.1 Å². The van der Waals surface area contributed by atoms with Gasteiger partial charge in [-0.25, -0.2) is 17.6 Å². The molecular formula is C19H28FN3O6S. The van der Waals surface area contributed by atoms with E-state index in [1.54, 1.807) is 0 Å². The van der Waals surface area contributed by atoms with Crippen LogP contribution in [0.5, 0.6) is 0 Å². The first-order valence-electron chi connectivity index (χ1n) is 9.75. The first kappa shape index (κ1) is 24.0. The van der Waals surface area contributed by atoms with Gasteiger partial charge in [0.05, 0.1) is 12.1 Å². The second-order valence-corrected chi connectivity index (χ2v) is 9.66. The molecule has 0 radical (unpaired) electrons. The van der Waals surface area contributed by atoms with Crippen molar-refractivity contribution in [2.24, 2.45) is 5.92 Å². The van der Waals surface area contributed by atoms with Crippen LogP contribution >= 0.6 is 0 Å². The number of carbonyl (C=O) groups is 2. The van der Waals surface area contributed by atoms with Crippen molar-refractivity contribution in [3.8, 4) is 0 Å². The Balaban J connectivity index is 2.11. The highest BCUT2D eigenvalue weighted by Crippen LogP contribution is 2.23. The van der Waals surface area contributed by atoms with Gasteiger partial charge < -0.3 is 20.8 Å². The van der Waals surface area contributed by atoms with Crippen molar-refractivity contribution in [1.29, 1.82) is 0 Å². The Kier molecular flexibility index (Phi) is 8.16. The van der Waals surface area contributed by atoms with E-state index in [4.69, 9.17) is 5.11 Å². The zero-order valence-electron chi connectivity index (χ0n) is 16.9. The summed E-state index contributed by atoms with van der Waals surface area (Å²) in [4.78, 5) is 23.1. The Morgan fingerprint density at radius 3 is 2.57 bits per heavy atom. The van der Waals surface area contributed by atoms with Crippen molar-refractivity contribution in [1.82, 2.24) is 14.9 Å². The van der Waals surface area contributed by atoms with Gasteiger partial charge in [0.15, 0.2) is 0 Å². The smallest absolute Gasteiger partial charge is 0.405 e. The molecular weight excluding hydrogens is 417 g/mol. The number of hydrogen-bond acceptors (Lipinski definition) is 5. The lowest BCUT2D eigenvalue weighted by molar-refractivity contribution is -0.125. The van der Waals surface area contributed by atoms with Crippen LogP contribution in [0.15, 0.2) is 29.2 Å². The van der Waals surface area contributed by atoms with Crippen molar-refractivity contribution in [3.63, 3.8) is 0 Å². The zero-order valence-corrected chi connectivity index (χ0v) is 17.7. The highest BCUT2D eigenvalue weighted by atomic mass is 32.2. The fourth-order valence-corrected chi connectivity index (χ4v) is 4.98. The van der Waals surface area contributed by atoms with E-state index in [0.29, 0.717) is 6.42 Å². The van der Waals surface area contributed by atoms with E-state index in [0.717, 1.165) is 16.4 Å². The molecule has 1 fully saturated rings. The summed E-state index contributed by atoms with van der Waals surface area (Å²) in [7, 11) is -4.15. The minimum absolute atomic E-state index is 0.0491. The quantitative estimate of drug-likeness (QED) is 0.497. The van der Waals surface area contributed by atoms with Crippen molar-refractivity contribution in [2.45, 2.75) is 56.2 Å². The Morgan fingerprint density at radius 1 is 1.30 bits per heavy atom. The average Bonchev–Trinajstić information content (AvgIpc) is 2.83. The van der Waals surface area contributed by atoms with Crippen LogP contribution in [0.25, 0.3) is 0 Å². The summed E-state index contributed by atoms with van der Waals surface area (Å²) >= 11 is 0. The topological polar surface area (TPSA) is 136 Å². The Hall–Kier alpha value is -2.24. The predicted octanol–water partition coefficient (Wildman–Crippen LogP) is 1.14. The van der Waals surface area contributed by atoms with E-state index < -0.39 is 50.9 Å². The summed E-state index contributed by atoms with van der Waals surface area (Å²) in [5.41, 5.74) is 0. The molecule has 0 spiro atoms. The molecule has 1 aliphatic heterocycles. The molecule has 0 aromatic heterocycles. The summed E-state index contributed by atoms with van der Waals surface area (Å²) in [5.74, 6) is -1.41. The standard InChI is InChI=1S/C19H28FN3O6S/c1-12(2)10-15(22-19(26)27)18(25)21-14-7-5-9-23(11-16(14)24)30(28,29)17-8-4-3-6-13(17)20/h3-4,6,8,12,14-16,22,24H,5,7,9-11H2,1-2H3,(H,21,25)(H,26,27). The first-order valence-corrected chi connectivity index (χ1v) is 11.2. The average molecular weight is 446 g/mol. The van der Waals surface area contributed by atoms with Gasteiger partial charge in [-0.3, -0.25) is 4.79 Å². The minimum atomic E-state index is -4.15. The molecule has 0 bridgehead atoms. The number of aliphatic hydroxyl groups is 1. The fraction of sp³-hybridized carbons (Fsp3) is 0.579. The normalized spacial score (nSPS) is 21.6. The van der Waals surface area contributed by atoms with Gasteiger partial charge in [-0.05, 0) is 37.3 Å². The Bertz CT molecular complexity index is 864. The number of hydrogen-bond donors (Lipinski definition) is 4. The lowest BCUT2D eigenvalue weighted by Gasteiger charge is -2.27. The van der Waals surface area contributed by atoms with Crippen LogP contribution in [0.1, 0.15) is 33.1 Å². The third-order valence-corrected chi connectivity index (χ3v) is 6.78. The van der Waals surface area contributed by atoms with Crippen molar-refractivity contribution in [2.75, 3.05) is 13.1 Å². The molecule has 1 heterocycles. The molecule has 11 heteroatoms. The second-order valence-electron chi connectivity index (χ2n) is 7.75. The lowest BCUT2D eigenvalue weighted by atomic mass is 10.0. The van der Waals surface area contributed by atoms with E-state index in [-0.39, 0.29) is 31.8 Å². The zero-order chi connectivity index (χ0) is 22.5. The number of sulfonamides is 1. The van der Waals surface area contributed by atoms with Crippen LogP contribution in [0.3, 0.4) is 0 Å². The van der Waals surface area contributed by atoms with Crippen molar-refractivity contribution >= 4 is 22.0 Å². The van der Waals surface area contributed by atoms with E-state index in [9.17, 15) is 27.5 Å². The molecule has 0 aliphatic carbocycles. The molecule has 1 saturated heterocycles. The number of benzene rings is 1. The van der Waals surface area contributed by atoms with Crippen LogP contribution in [0, 0.1) is 11.7 Å². The molecule has 1 aromatic rings. The van der Waals surface area contributed by atoms with Gasteiger partial charge in [-0.15, -0.1) is 0 Å². The molecule has 1 aliphatic rings. The van der Waals surface area contributed by atoms with Gasteiger partial charge >= 0.3 is 6.09 Å². The number of rotatable bonds is 7. The molecule has 0 saturated carbocycles. The summed E-state index contributed by atoms with van der Waals surface area (Å²) < 4.78 is 40.6. The van der Waals surface area contributed by atoms with E-state index >= 15 is 0 Å². The molecule has 30 heavy (non-hydrogen) atoms. The molecule has 2 amide bonds. The fourth-order valence-electron chi connectivity index (χ4n) is 3.42. The van der Waals surface area contributed by atoms with E-state index in [1.165, 1.54) is 12.1 Å². The second kappa shape index (κ2) is 10.2. The molecule has 3 atom stereocenters. The number of aliphatic hydroxyl groups excluding tert-OH is 1. The maximum Gasteiger partial charge on any atom is 0.405 e. The number of nitrogens with zero attached hydrogens (tertiary/aromatic N) is 1. The summed E-state index contributed by atoms with van der Waals surface area (Å²) in [6.07, 6.45) is -1.68. The predicted molar refractivity (Wildman–Crippen MR) is 107 cm³/mol. The molecule has 3 unspecified atom stereocenters. The highest BCUT2D eigenvalue weighted by Gasteiger charge is 2.35. The van der Waals surface area contributed by atoms with Gasteiger partial charge in [0.25, 0.3) is 0 Å². The third-order valence-electron chi connectivity index (χ3n) is 4.88. The molecule has 2 rings (SSSR count). The monoisotopic (exact) mass is 445 g/mol. The largest absolute Gasteiger partial charge is 0.465 e. The van der Waals surface area contributed by atoms with Gasteiger partial charge in [0.2, 0.25) is 15.9 Å². The van der Waals surface area contributed by atoms with Crippen LogP contribution < -0.4 is 10.6 Å². The Morgan fingerprint density at radius 2 is 1.97 bits per heavy atom. The van der Waals surface area contributed by atoms with Crippen molar-refractivity contribution < 1.29 is 32.6 Å². The summed E-state index contributed by atoms with van der Waals surface area (Å²) in [6, 6.07) is 3.26. The number of carbonyl (C=O) groups excluding carboxylic acids is 1. The molecule has 9 nitrogen and oxygen atoms in total. The third kappa shape index (κ3) is 6.13. The highest BCUT2D eigenvalue weighted by molar-refractivity contribution is 7.89. The number of β-amino-alcohol motifs (C(OH)–C–C–N with tert-alkyl or cyclic N) is 1. The van der Waals surface area contributed by atoms with E-state index in [2.05, 4.69) is 10.6 Å². The first-order chi connectivity index (χ1) is 14.0. The van der Waals surface area contributed by atoms with Crippen LogP contribution in [0.2, 0.25) is 0 Å². The summed E-state index contributed by atoms with van der Waals surface area (Å²) in [6.45, 7) is 3.43.